The third-order valence-corrected chi connectivity index (χ3v) is 3.68. The number of hydrogen-bond acceptors (Lipinski definition) is 4. The van der Waals surface area contributed by atoms with Crippen LogP contribution >= 0.6 is 11.8 Å². The number of carboxylic acids is 1. The van der Waals surface area contributed by atoms with E-state index < -0.39 is 11.5 Å². The molecule has 0 amide bonds. The Hall–Kier alpha value is -0.260. The molecule has 1 heterocycles. The van der Waals surface area contributed by atoms with E-state index in [1.54, 1.807) is 7.11 Å². The Labute approximate surface area is 94.8 Å². The molecule has 0 aromatic heterocycles. The average Bonchev–Trinajstić information content (AvgIpc) is 2.19. The summed E-state index contributed by atoms with van der Waals surface area (Å²) in [6, 6.07) is 0.0780. The standard InChI is InChI=1S/C10H19NO3S/c1-8(7-14-2)11-10(9(12)13)3-5-15-6-4-10/h8,11H,3-7H2,1-2H3,(H,12,13). The van der Waals surface area contributed by atoms with Crippen molar-refractivity contribution in [2.75, 3.05) is 25.2 Å². The molecular weight excluding hydrogens is 214 g/mol. The summed E-state index contributed by atoms with van der Waals surface area (Å²) in [5.41, 5.74) is -0.733. The molecule has 5 heteroatoms. The van der Waals surface area contributed by atoms with Gasteiger partial charge in [0.25, 0.3) is 0 Å². The molecule has 0 aromatic rings. The minimum Gasteiger partial charge on any atom is -0.480 e. The van der Waals surface area contributed by atoms with E-state index in [9.17, 15) is 9.90 Å². The fraction of sp³-hybridized carbons (Fsp3) is 0.900. The van der Waals surface area contributed by atoms with Crippen LogP contribution in [0.4, 0.5) is 0 Å². The maximum Gasteiger partial charge on any atom is 0.323 e. The van der Waals surface area contributed by atoms with Gasteiger partial charge in [0.1, 0.15) is 5.54 Å². The normalized spacial score (nSPS) is 22.3. The Balaban J connectivity index is 2.60. The molecule has 4 nitrogen and oxygen atoms in total. The highest BCUT2D eigenvalue weighted by Gasteiger charge is 2.40. The van der Waals surface area contributed by atoms with Gasteiger partial charge in [-0.05, 0) is 31.3 Å². The number of carbonyl (C=O) groups is 1. The molecule has 1 rings (SSSR count). The van der Waals surface area contributed by atoms with Crippen molar-refractivity contribution in [3.05, 3.63) is 0 Å². The van der Waals surface area contributed by atoms with Crippen LogP contribution in [0.5, 0.6) is 0 Å². The van der Waals surface area contributed by atoms with Crippen molar-refractivity contribution in [3.8, 4) is 0 Å². The number of hydrogen-bond donors (Lipinski definition) is 2. The summed E-state index contributed by atoms with van der Waals surface area (Å²) in [4.78, 5) is 11.3. The summed E-state index contributed by atoms with van der Waals surface area (Å²) in [6.45, 7) is 2.50. The highest BCUT2D eigenvalue weighted by Crippen LogP contribution is 2.27. The minimum atomic E-state index is -0.733. The first-order chi connectivity index (χ1) is 7.10. The number of ether oxygens (including phenoxy) is 1. The van der Waals surface area contributed by atoms with E-state index >= 15 is 0 Å². The summed E-state index contributed by atoms with van der Waals surface area (Å²) in [7, 11) is 1.63. The summed E-state index contributed by atoms with van der Waals surface area (Å²) < 4.78 is 5.01. The number of nitrogens with one attached hydrogen (secondary N) is 1. The summed E-state index contributed by atoms with van der Waals surface area (Å²) in [5.74, 6) is 1.10. The van der Waals surface area contributed by atoms with Gasteiger partial charge in [-0.25, -0.2) is 0 Å². The number of carboxylic acid groups (broad SMARTS) is 1. The van der Waals surface area contributed by atoms with E-state index in [4.69, 9.17) is 4.74 Å². The highest BCUT2D eigenvalue weighted by atomic mass is 32.2. The van der Waals surface area contributed by atoms with Crippen LogP contribution in [0.3, 0.4) is 0 Å². The van der Waals surface area contributed by atoms with Gasteiger partial charge in [-0.1, -0.05) is 0 Å². The molecule has 0 aliphatic carbocycles. The molecule has 1 atom stereocenters. The van der Waals surface area contributed by atoms with Crippen molar-refractivity contribution >= 4 is 17.7 Å². The van der Waals surface area contributed by atoms with Crippen LogP contribution in [0, 0.1) is 0 Å². The number of thioether (sulfide) groups is 1. The van der Waals surface area contributed by atoms with E-state index in [2.05, 4.69) is 5.32 Å². The molecule has 1 unspecified atom stereocenters. The van der Waals surface area contributed by atoms with E-state index in [1.165, 1.54) is 0 Å². The van der Waals surface area contributed by atoms with Crippen molar-refractivity contribution in [1.29, 1.82) is 0 Å². The maximum absolute atomic E-state index is 11.3. The van der Waals surface area contributed by atoms with Crippen LogP contribution in [0.25, 0.3) is 0 Å². The Kier molecular flexibility index (Phi) is 4.89. The predicted molar refractivity (Wildman–Crippen MR) is 61.4 cm³/mol. The van der Waals surface area contributed by atoms with Crippen molar-refractivity contribution in [1.82, 2.24) is 5.32 Å². The molecule has 0 aromatic carbocycles. The van der Waals surface area contributed by atoms with E-state index in [0.29, 0.717) is 19.4 Å². The molecule has 1 aliphatic heterocycles. The molecule has 0 bridgehead atoms. The third kappa shape index (κ3) is 3.36. The number of aliphatic carboxylic acids is 1. The molecule has 1 saturated heterocycles. The number of rotatable bonds is 5. The zero-order valence-corrected chi connectivity index (χ0v) is 10.1. The fourth-order valence-corrected chi connectivity index (χ4v) is 3.09. The van der Waals surface area contributed by atoms with Crippen LogP contribution < -0.4 is 5.32 Å². The second-order valence-corrected chi connectivity index (χ2v) is 5.23. The van der Waals surface area contributed by atoms with Crippen molar-refractivity contribution in [2.45, 2.75) is 31.3 Å². The fourth-order valence-electron chi connectivity index (χ4n) is 1.90. The Morgan fingerprint density at radius 2 is 2.20 bits per heavy atom. The lowest BCUT2D eigenvalue weighted by atomic mass is 9.91. The average molecular weight is 233 g/mol. The lowest BCUT2D eigenvalue weighted by molar-refractivity contribution is -0.145. The highest BCUT2D eigenvalue weighted by molar-refractivity contribution is 7.99. The zero-order chi connectivity index (χ0) is 11.3. The summed E-state index contributed by atoms with van der Waals surface area (Å²) >= 11 is 1.82. The van der Waals surface area contributed by atoms with Crippen LogP contribution in [0.2, 0.25) is 0 Å². The van der Waals surface area contributed by atoms with Gasteiger partial charge in [0.15, 0.2) is 0 Å². The van der Waals surface area contributed by atoms with Crippen molar-refractivity contribution in [2.24, 2.45) is 0 Å². The zero-order valence-electron chi connectivity index (χ0n) is 9.28. The molecule has 88 valence electrons. The monoisotopic (exact) mass is 233 g/mol. The smallest absolute Gasteiger partial charge is 0.323 e. The largest absolute Gasteiger partial charge is 0.480 e. The molecule has 15 heavy (non-hydrogen) atoms. The first kappa shape index (κ1) is 12.8. The van der Waals surface area contributed by atoms with Crippen molar-refractivity contribution < 1.29 is 14.6 Å². The van der Waals surface area contributed by atoms with Gasteiger partial charge in [0, 0.05) is 13.2 Å². The molecular formula is C10H19NO3S. The van der Waals surface area contributed by atoms with E-state index in [0.717, 1.165) is 11.5 Å². The summed E-state index contributed by atoms with van der Waals surface area (Å²) in [5, 5.41) is 12.5. The first-order valence-electron chi connectivity index (χ1n) is 5.18. The van der Waals surface area contributed by atoms with Gasteiger partial charge in [-0.15, -0.1) is 0 Å². The predicted octanol–water partition coefficient (Wildman–Crippen LogP) is 0.961. The van der Waals surface area contributed by atoms with E-state index in [1.807, 2.05) is 18.7 Å². The molecule has 1 fully saturated rings. The lowest BCUT2D eigenvalue weighted by Gasteiger charge is -2.36. The molecule has 1 aliphatic rings. The minimum absolute atomic E-state index is 0.0780. The lowest BCUT2D eigenvalue weighted by Crippen LogP contribution is -2.58. The quantitative estimate of drug-likeness (QED) is 0.741. The van der Waals surface area contributed by atoms with Gasteiger partial charge in [-0.2, -0.15) is 11.8 Å². The van der Waals surface area contributed by atoms with Crippen LogP contribution in [0.1, 0.15) is 19.8 Å². The molecule has 0 saturated carbocycles. The van der Waals surface area contributed by atoms with Gasteiger partial charge in [0.2, 0.25) is 0 Å². The summed E-state index contributed by atoms with van der Waals surface area (Å²) in [6.07, 6.45) is 1.39. The van der Waals surface area contributed by atoms with E-state index in [-0.39, 0.29) is 6.04 Å². The van der Waals surface area contributed by atoms with Crippen LogP contribution in [-0.4, -0.2) is 47.9 Å². The Morgan fingerprint density at radius 1 is 1.60 bits per heavy atom. The van der Waals surface area contributed by atoms with Gasteiger partial charge in [0.05, 0.1) is 6.61 Å². The SMILES string of the molecule is COCC(C)NC1(C(=O)O)CCSCC1. The van der Waals surface area contributed by atoms with Gasteiger partial charge in [-0.3, -0.25) is 10.1 Å². The van der Waals surface area contributed by atoms with Gasteiger partial charge < -0.3 is 9.84 Å². The molecule has 2 N–H and O–H groups in total. The second kappa shape index (κ2) is 5.72. The molecule has 0 radical (unpaired) electrons. The number of methoxy groups -OCH3 is 1. The van der Waals surface area contributed by atoms with Crippen LogP contribution in [0.15, 0.2) is 0 Å². The molecule has 0 spiro atoms. The maximum atomic E-state index is 11.3. The van der Waals surface area contributed by atoms with Gasteiger partial charge >= 0.3 is 5.97 Å². The third-order valence-electron chi connectivity index (χ3n) is 2.70. The first-order valence-corrected chi connectivity index (χ1v) is 6.34. The van der Waals surface area contributed by atoms with Crippen molar-refractivity contribution in [3.63, 3.8) is 0 Å². The Morgan fingerprint density at radius 3 is 2.67 bits per heavy atom. The second-order valence-electron chi connectivity index (χ2n) is 4.00. The van der Waals surface area contributed by atoms with Crippen LogP contribution in [-0.2, 0) is 9.53 Å². The Bertz CT molecular complexity index is 217. The topological polar surface area (TPSA) is 58.6 Å².